The van der Waals surface area contributed by atoms with Gasteiger partial charge in [-0.3, -0.25) is 4.79 Å². The maximum absolute atomic E-state index is 12.2. The van der Waals surface area contributed by atoms with Crippen LogP contribution in [0.4, 0.5) is 5.82 Å². The number of carbonyl (C=O) groups excluding carboxylic acids is 1. The molecule has 4 nitrogen and oxygen atoms in total. The van der Waals surface area contributed by atoms with Crippen LogP contribution in [0, 0.1) is 0 Å². The highest BCUT2D eigenvalue weighted by molar-refractivity contribution is 9.10. The van der Waals surface area contributed by atoms with E-state index in [1.165, 1.54) is 0 Å². The first-order valence-electron chi connectivity index (χ1n) is 6.41. The van der Waals surface area contributed by atoms with Gasteiger partial charge in [0, 0.05) is 16.2 Å². The average molecular weight is 333 g/mol. The van der Waals surface area contributed by atoms with Crippen LogP contribution >= 0.6 is 15.9 Å². The molecule has 0 fully saturated rings. The van der Waals surface area contributed by atoms with Crippen molar-refractivity contribution in [2.45, 2.75) is 12.8 Å². The van der Waals surface area contributed by atoms with Gasteiger partial charge in [0.1, 0.15) is 11.6 Å². The molecule has 3 rings (SSSR count). The maximum atomic E-state index is 12.2. The Hall–Kier alpha value is -1.88. The van der Waals surface area contributed by atoms with Gasteiger partial charge in [-0.1, -0.05) is 0 Å². The van der Waals surface area contributed by atoms with Crippen molar-refractivity contribution >= 4 is 27.7 Å². The number of carbonyl (C=O) groups is 1. The van der Waals surface area contributed by atoms with Crippen LogP contribution < -0.4 is 10.1 Å². The Bertz CT molecular complexity index is 641. The summed E-state index contributed by atoms with van der Waals surface area (Å²) in [5.74, 6) is 1.26. The smallest absolute Gasteiger partial charge is 0.256 e. The lowest BCUT2D eigenvalue weighted by atomic mass is 10.0. The second-order valence-corrected chi connectivity index (χ2v) is 5.51. The van der Waals surface area contributed by atoms with E-state index in [1.807, 2.05) is 18.2 Å². The number of pyridine rings is 1. The lowest BCUT2D eigenvalue weighted by Crippen LogP contribution is -2.15. The second-order valence-electron chi connectivity index (χ2n) is 4.59. The van der Waals surface area contributed by atoms with Crippen LogP contribution in [0.3, 0.4) is 0 Å². The van der Waals surface area contributed by atoms with E-state index in [1.54, 1.807) is 18.3 Å². The quantitative estimate of drug-likeness (QED) is 0.916. The minimum Gasteiger partial charge on any atom is -0.493 e. The lowest BCUT2D eigenvalue weighted by molar-refractivity contribution is 0.102. The third-order valence-corrected chi connectivity index (χ3v) is 3.61. The molecule has 0 aliphatic carbocycles. The number of amides is 1. The lowest BCUT2D eigenvalue weighted by Gasteiger charge is -2.17. The van der Waals surface area contributed by atoms with E-state index in [0.717, 1.165) is 35.2 Å². The summed E-state index contributed by atoms with van der Waals surface area (Å²) in [6, 6.07) is 9.12. The predicted molar refractivity (Wildman–Crippen MR) is 80.1 cm³/mol. The highest BCUT2D eigenvalue weighted by Crippen LogP contribution is 2.25. The number of hydrogen-bond acceptors (Lipinski definition) is 3. The zero-order valence-electron chi connectivity index (χ0n) is 10.7. The van der Waals surface area contributed by atoms with Gasteiger partial charge in [-0.2, -0.15) is 0 Å². The normalized spacial score (nSPS) is 13.2. The first kappa shape index (κ1) is 13.1. The van der Waals surface area contributed by atoms with Gasteiger partial charge < -0.3 is 10.1 Å². The summed E-state index contributed by atoms with van der Waals surface area (Å²) in [6.07, 6.45) is 3.59. The second kappa shape index (κ2) is 5.63. The van der Waals surface area contributed by atoms with Gasteiger partial charge in [-0.25, -0.2) is 4.98 Å². The number of rotatable bonds is 2. The van der Waals surface area contributed by atoms with Crippen molar-refractivity contribution in [3.05, 3.63) is 52.1 Å². The van der Waals surface area contributed by atoms with Crippen molar-refractivity contribution < 1.29 is 9.53 Å². The standard InChI is InChI=1S/C15H13BrN2O2/c16-12-4-6-14(17-9-12)18-15(19)11-3-5-13-10(8-11)2-1-7-20-13/h3-6,8-9H,1-2,7H2,(H,17,18,19). The monoisotopic (exact) mass is 332 g/mol. The highest BCUT2D eigenvalue weighted by Gasteiger charge is 2.14. The number of fused-ring (bicyclic) bond motifs is 1. The molecule has 0 saturated carbocycles. The minimum absolute atomic E-state index is 0.159. The third kappa shape index (κ3) is 2.82. The molecule has 1 aliphatic heterocycles. The Morgan fingerprint density at radius 1 is 1.30 bits per heavy atom. The van der Waals surface area contributed by atoms with Gasteiger partial charge in [0.25, 0.3) is 5.91 Å². The summed E-state index contributed by atoms with van der Waals surface area (Å²) < 4.78 is 6.42. The van der Waals surface area contributed by atoms with Crippen LogP contribution in [-0.2, 0) is 6.42 Å². The molecular weight excluding hydrogens is 320 g/mol. The molecule has 0 spiro atoms. The van der Waals surface area contributed by atoms with E-state index in [2.05, 4.69) is 26.2 Å². The molecule has 1 aromatic carbocycles. The summed E-state index contributed by atoms with van der Waals surface area (Å²) in [6.45, 7) is 0.751. The molecule has 0 radical (unpaired) electrons. The number of halogens is 1. The Morgan fingerprint density at radius 2 is 2.20 bits per heavy atom. The first-order chi connectivity index (χ1) is 9.72. The molecule has 5 heteroatoms. The van der Waals surface area contributed by atoms with E-state index in [0.29, 0.717) is 11.4 Å². The molecule has 1 aliphatic rings. The summed E-state index contributed by atoms with van der Waals surface area (Å²) in [5.41, 5.74) is 1.71. The van der Waals surface area contributed by atoms with Gasteiger partial charge in [0.2, 0.25) is 0 Å². The number of ether oxygens (including phenoxy) is 1. The zero-order valence-corrected chi connectivity index (χ0v) is 12.3. The fourth-order valence-electron chi connectivity index (χ4n) is 2.14. The van der Waals surface area contributed by atoms with E-state index >= 15 is 0 Å². The molecule has 0 saturated heterocycles. The van der Waals surface area contributed by atoms with E-state index in [9.17, 15) is 4.79 Å². The fourth-order valence-corrected chi connectivity index (χ4v) is 2.37. The Kier molecular flexibility index (Phi) is 3.69. The number of aryl methyl sites for hydroxylation is 1. The van der Waals surface area contributed by atoms with Crippen molar-refractivity contribution in [1.82, 2.24) is 4.98 Å². The minimum atomic E-state index is -0.159. The van der Waals surface area contributed by atoms with Crippen molar-refractivity contribution in [3.63, 3.8) is 0 Å². The van der Waals surface area contributed by atoms with Gasteiger partial charge in [0.15, 0.2) is 0 Å². The molecular formula is C15H13BrN2O2. The number of benzene rings is 1. The number of nitrogens with zero attached hydrogens (tertiary/aromatic N) is 1. The molecule has 0 unspecified atom stereocenters. The molecule has 102 valence electrons. The highest BCUT2D eigenvalue weighted by atomic mass is 79.9. The number of nitrogens with one attached hydrogen (secondary N) is 1. The summed E-state index contributed by atoms with van der Waals surface area (Å²) in [4.78, 5) is 16.3. The van der Waals surface area contributed by atoms with Gasteiger partial charge >= 0.3 is 0 Å². The third-order valence-electron chi connectivity index (χ3n) is 3.14. The van der Waals surface area contributed by atoms with Gasteiger partial charge in [-0.15, -0.1) is 0 Å². The van der Waals surface area contributed by atoms with Crippen LogP contribution in [0.5, 0.6) is 5.75 Å². The largest absolute Gasteiger partial charge is 0.493 e. The molecule has 0 atom stereocenters. The number of aromatic nitrogens is 1. The zero-order chi connectivity index (χ0) is 13.9. The van der Waals surface area contributed by atoms with Crippen LogP contribution in [0.25, 0.3) is 0 Å². The van der Waals surface area contributed by atoms with Crippen LogP contribution in [-0.4, -0.2) is 17.5 Å². The van der Waals surface area contributed by atoms with Crippen LogP contribution in [0.1, 0.15) is 22.3 Å². The molecule has 20 heavy (non-hydrogen) atoms. The summed E-state index contributed by atoms with van der Waals surface area (Å²) in [5, 5.41) is 2.78. The van der Waals surface area contributed by atoms with Gasteiger partial charge in [0.05, 0.1) is 6.61 Å². The topological polar surface area (TPSA) is 51.2 Å². The van der Waals surface area contributed by atoms with Crippen molar-refractivity contribution in [2.75, 3.05) is 11.9 Å². The van der Waals surface area contributed by atoms with Crippen molar-refractivity contribution in [1.29, 1.82) is 0 Å². The van der Waals surface area contributed by atoms with Crippen LogP contribution in [0.2, 0.25) is 0 Å². The van der Waals surface area contributed by atoms with Crippen molar-refractivity contribution in [2.24, 2.45) is 0 Å². The number of anilines is 1. The molecule has 2 aromatic rings. The Balaban J connectivity index is 1.78. The molecule has 2 heterocycles. The fraction of sp³-hybridized carbons (Fsp3) is 0.200. The van der Waals surface area contributed by atoms with Gasteiger partial charge in [-0.05, 0) is 64.7 Å². The predicted octanol–water partition coefficient (Wildman–Crippen LogP) is 3.42. The molecule has 0 bridgehead atoms. The van der Waals surface area contributed by atoms with Crippen LogP contribution in [0.15, 0.2) is 41.0 Å². The number of hydrogen-bond donors (Lipinski definition) is 1. The average Bonchev–Trinajstić information content (AvgIpc) is 2.49. The maximum Gasteiger partial charge on any atom is 0.256 e. The SMILES string of the molecule is O=C(Nc1ccc(Br)cn1)c1ccc2c(c1)CCCO2. The van der Waals surface area contributed by atoms with E-state index in [-0.39, 0.29) is 5.91 Å². The molecule has 1 N–H and O–H groups in total. The molecule has 1 aromatic heterocycles. The Morgan fingerprint density at radius 3 is 3.00 bits per heavy atom. The van der Waals surface area contributed by atoms with E-state index < -0.39 is 0 Å². The van der Waals surface area contributed by atoms with E-state index in [4.69, 9.17) is 4.74 Å². The summed E-state index contributed by atoms with van der Waals surface area (Å²) in [7, 11) is 0. The Labute approximate surface area is 125 Å². The first-order valence-corrected chi connectivity index (χ1v) is 7.20. The molecule has 1 amide bonds. The summed E-state index contributed by atoms with van der Waals surface area (Å²) >= 11 is 3.31. The van der Waals surface area contributed by atoms with Crippen molar-refractivity contribution in [3.8, 4) is 5.75 Å².